The van der Waals surface area contributed by atoms with Gasteiger partial charge in [0.15, 0.2) is 6.10 Å². The Labute approximate surface area is 229 Å². The Morgan fingerprint density at radius 1 is 1.02 bits per heavy atom. The van der Waals surface area contributed by atoms with Crippen molar-refractivity contribution in [1.29, 1.82) is 0 Å². The first-order valence-electron chi connectivity index (χ1n) is 12.5. The first-order valence-corrected chi connectivity index (χ1v) is 12.5. The van der Waals surface area contributed by atoms with Crippen LogP contribution in [0.1, 0.15) is 25.0 Å². The smallest absolute Gasteiger partial charge is 0.496 e. The molecule has 12 nitrogen and oxygen atoms in total. The average molecular weight is 556 g/mol. The van der Waals surface area contributed by atoms with Gasteiger partial charge in [-0.25, -0.2) is 14.4 Å². The molecule has 212 valence electrons. The Morgan fingerprint density at radius 3 is 2.45 bits per heavy atom. The minimum absolute atomic E-state index is 0.0299. The number of nitrogens with one attached hydrogen (secondary N) is 1. The molecule has 0 bridgehead atoms. The summed E-state index contributed by atoms with van der Waals surface area (Å²) in [4.78, 5) is 37.1. The molecule has 2 aliphatic heterocycles. The van der Waals surface area contributed by atoms with E-state index in [0.717, 1.165) is 5.56 Å². The molecule has 0 spiro atoms. The van der Waals surface area contributed by atoms with Crippen molar-refractivity contribution >= 4 is 28.9 Å². The van der Waals surface area contributed by atoms with E-state index in [4.69, 9.17) is 37.6 Å². The van der Waals surface area contributed by atoms with Gasteiger partial charge < -0.3 is 37.6 Å². The minimum atomic E-state index is -1.06. The zero-order valence-corrected chi connectivity index (χ0v) is 22.5. The molecule has 40 heavy (non-hydrogen) atoms. The molecule has 5 rings (SSSR count). The summed E-state index contributed by atoms with van der Waals surface area (Å²) in [6.07, 6.45) is -5.01. The number of rotatable bonds is 7. The number of aryl methyl sites for hydroxylation is 1. The summed E-state index contributed by atoms with van der Waals surface area (Å²) in [5.41, 5.74) is -0.417. The Bertz CT molecular complexity index is 1480. The highest BCUT2D eigenvalue weighted by molar-refractivity contribution is 5.93. The highest BCUT2D eigenvalue weighted by atomic mass is 16.8. The quantitative estimate of drug-likeness (QED) is 0.330. The van der Waals surface area contributed by atoms with Crippen LogP contribution in [0.3, 0.4) is 0 Å². The average Bonchev–Trinajstić information content (AvgIpc) is 3.31. The zero-order valence-electron chi connectivity index (χ0n) is 22.5. The number of carbonyl (C=O) groups excluding carboxylic acids is 2. The first kappa shape index (κ1) is 27.3. The van der Waals surface area contributed by atoms with Crippen LogP contribution in [0.4, 0.5) is 15.3 Å². The summed E-state index contributed by atoms with van der Waals surface area (Å²) in [5, 5.41) is 2.83. The molecule has 2 saturated heterocycles. The summed E-state index contributed by atoms with van der Waals surface area (Å²) in [6.45, 7) is 5.28. The number of anilines is 1. The van der Waals surface area contributed by atoms with Gasteiger partial charge in [-0.2, -0.15) is 0 Å². The topological polar surface area (TPSA) is 141 Å². The van der Waals surface area contributed by atoms with Gasteiger partial charge in [0, 0.05) is 18.7 Å². The largest absolute Gasteiger partial charge is 0.509 e. The molecule has 2 fully saturated rings. The summed E-state index contributed by atoms with van der Waals surface area (Å²) in [6, 6.07) is 12.1. The van der Waals surface area contributed by atoms with Gasteiger partial charge >= 0.3 is 17.9 Å². The summed E-state index contributed by atoms with van der Waals surface area (Å²) < 4.78 is 44.8. The van der Waals surface area contributed by atoms with E-state index in [2.05, 4.69) is 5.32 Å². The highest BCUT2D eigenvalue weighted by Crippen LogP contribution is 2.41. The van der Waals surface area contributed by atoms with Crippen LogP contribution in [-0.2, 0) is 30.3 Å². The molecule has 0 aliphatic carbocycles. The van der Waals surface area contributed by atoms with Gasteiger partial charge in [0.25, 0.3) is 0 Å². The van der Waals surface area contributed by atoms with E-state index in [1.165, 1.54) is 20.3 Å². The van der Waals surface area contributed by atoms with Crippen molar-refractivity contribution in [2.75, 3.05) is 19.5 Å². The van der Waals surface area contributed by atoms with E-state index in [1.807, 2.05) is 30.3 Å². The van der Waals surface area contributed by atoms with Crippen LogP contribution in [0, 0.1) is 6.92 Å². The van der Waals surface area contributed by atoms with E-state index >= 15 is 0 Å². The van der Waals surface area contributed by atoms with Crippen LogP contribution >= 0.6 is 0 Å². The number of hydrogen-bond donors (Lipinski definition) is 1. The lowest BCUT2D eigenvalue weighted by atomic mass is 9.89. The number of methoxy groups -OCH3 is 2. The molecular formula is C28H29NO11. The predicted molar refractivity (Wildman–Crippen MR) is 140 cm³/mol. The normalized spacial score (nSPS) is 23.1. The lowest BCUT2D eigenvalue weighted by Crippen LogP contribution is -2.62. The maximum atomic E-state index is 12.8. The van der Waals surface area contributed by atoms with Crippen molar-refractivity contribution in [2.45, 2.75) is 57.6 Å². The van der Waals surface area contributed by atoms with Crippen molar-refractivity contribution in [3.8, 4) is 11.5 Å². The van der Waals surface area contributed by atoms with Crippen molar-refractivity contribution in [2.24, 2.45) is 0 Å². The molecule has 3 heterocycles. The van der Waals surface area contributed by atoms with E-state index < -0.39 is 48.1 Å². The number of ether oxygens (including phenoxy) is 7. The van der Waals surface area contributed by atoms with Crippen LogP contribution < -0.4 is 20.4 Å². The molecule has 3 aromatic rings. The van der Waals surface area contributed by atoms with Crippen LogP contribution in [0.15, 0.2) is 51.7 Å². The molecular weight excluding hydrogens is 526 g/mol. The Hall–Kier alpha value is -4.29. The molecule has 0 radical (unpaired) electrons. The van der Waals surface area contributed by atoms with Crippen molar-refractivity contribution in [3.05, 3.63) is 64.0 Å². The third-order valence-electron chi connectivity index (χ3n) is 6.81. The van der Waals surface area contributed by atoms with E-state index in [1.54, 1.807) is 26.8 Å². The maximum Gasteiger partial charge on any atom is 0.509 e. The van der Waals surface area contributed by atoms with Crippen LogP contribution in [0.2, 0.25) is 0 Å². The molecule has 1 amide bonds. The third-order valence-corrected chi connectivity index (χ3v) is 6.81. The van der Waals surface area contributed by atoms with E-state index in [-0.39, 0.29) is 23.6 Å². The van der Waals surface area contributed by atoms with Crippen LogP contribution in [0.5, 0.6) is 11.5 Å². The van der Waals surface area contributed by atoms with Crippen molar-refractivity contribution < 1.29 is 47.2 Å². The lowest BCUT2D eigenvalue weighted by molar-refractivity contribution is -0.282. The number of fused-ring (bicyclic) bond motifs is 2. The first-order chi connectivity index (χ1) is 19.1. The fourth-order valence-corrected chi connectivity index (χ4v) is 4.89. The minimum Gasteiger partial charge on any atom is -0.496 e. The van der Waals surface area contributed by atoms with Gasteiger partial charge in [-0.15, -0.1) is 0 Å². The monoisotopic (exact) mass is 555 g/mol. The van der Waals surface area contributed by atoms with Gasteiger partial charge in [0.2, 0.25) is 12.4 Å². The molecule has 12 heteroatoms. The lowest BCUT2D eigenvalue weighted by Gasteiger charge is -2.45. The molecule has 2 aromatic carbocycles. The van der Waals surface area contributed by atoms with Gasteiger partial charge in [0.1, 0.15) is 35.5 Å². The van der Waals surface area contributed by atoms with Gasteiger partial charge in [-0.1, -0.05) is 30.3 Å². The number of carbonyl (C=O) groups is 2. The summed E-state index contributed by atoms with van der Waals surface area (Å²) in [7, 11) is 2.93. The molecule has 0 unspecified atom stereocenters. The van der Waals surface area contributed by atoms with Crippen LogP contribution in [0.25, 0.3) is 11.0 Å². The molecule has 4 atom stereocenters. The second-order valence-electron chi connectivity index (χ2n) is 9.86. The van der Waals surface area contributed by atoms with Gasteiger partial charge in [-0.05, 0) is 32.4 Å². The Morgan fingerprint density at radius 2 is 1.75 bits per heavy atom. The second kappa shape index (κ2) is 10.7. The fraction of sp³-hybridized carbons (Fsp3) is 0.393. The fourth-order valence-electron chi connectivity index (χ4n) is 4.89. The number of hydrogen-bond acceptors (Lipinski definition) is 11. The highest BCUT2D eigenvalue weighted by Gasteiger charge is 2.59. The third kappa shape index (κ3) is 5.15. The van der Waals surface area contributed by atoms with Gasteiger partial charge in [-0.3, -0.25) is 5.32 Å². The van der Waals surface area contributed by atoms with Gasteiger partial charge in [0.05, 0.1) is 18.1 Å². The molecule has 1 N–H and O–H groups in total. The zero-order chi connectivity index (χ0) is 28.6. The summed E-state index contributed by atoms with van der Waals surface area (Å²) >= 11 is 0. The Balaban J connectivity index is 1.41. The second-order valence-corrected chi connectivity index (χ2v) is 9.86. The van der Waals surface area contributed by atoms with Crippen molar-refractivity contribution in [1.82, 2.24) is 0 Å². The van der Waals surface area contributed by atoms with E-state index in [0.29, 0.717) is 16.7 Å². The standard InChI is InChI=1S/C28H29NO11/c1-14-18(36-25-22-21(38-27(32)39-22)23(34-5)28(2,3)40-25)12-19(33-4)16-11-17(24(30)37-20(14)16)29-26(31)35-13-15-9-7-6-8-10-15/h6-12,21-23,25H,13H2,1-5H3,(H,29,31)/t21-,22+,23+,25+/m0/s1. The van der Waals surface area contributed by atoms with Crippen LogP contribution in [-0.4, -0.2) is 56.7 Å². The molecule has 0 saturated carbocycles. The van der Waals surface area contributed by atoms with E-state index in [9.17, 15) is 14.4 Å². The molecule has 2 aliphatic rings. The molecule has 1 aromatic heterocycles. The Kier molecular flexibility index (Phi) is 7.30. The number of benzene rings is 2. The summed E-state index contributed by atoms with van der Waals surface area (Å²) in [5.74, 6) is 0.551. The van der Waals surface area contributed by atoms with Crippen molar-refractivity contribution in [3.63, 3.8) is 0 Å². The maximum absolute atomic E-state index is 12.8. The SMILES string of the molecule is COc1cc(O[C@@H]2OC(C)(C)[C@H](OC)[C@H]3OC(=O)O[C@@H]23)c(C)c2oc(=O)c(NC(=O)OCc3ccccc3)cc12. The number of amides is 1. The predicted octanol–water partition coefficient (Wildman–Crippen LogP) is 4.29.